The quantitative estimate of drug-likeness (QED) is 0.584. The van der Waals surface area contributed by atoms with Gasteiger partial charge in [0.2, 0.25) is 10.0 Å². The van der Waals surface area contributed by atoms with Crippen molar-refractivity contribution in [3.63, 3.8) is 0 Å². The summed E-state index contributed by atoms with van der Waals surface area (Å²) in [5, 5.41) is 9.01. The fourth-order valence-electron chi connectivity index (χ4n) is 3.50. The number of nitriles is 1. The van der Waals surface area contributed by atoms with Crippen LogP contribution in [0.4, 0.5) is 5.69 Å². The summed E-state index contributed by atoms with van der Waals surface area (Å²) in [6.45, 7) is 13.5. The van der Waals surface area contributed by atoms with Crippen molar-refractivity contribution in [2.45, 2.75) is 64.8 Å². The van der Waals surface area contributed by atoms with E-state index < -0.39 is 10.0 Å². The van der Waals surface area contributed by atoms with E-state index in [1.165, 1.54) is 0 Å². The van der Waals surface area contributed by atoms with Crippen LogP contribution in [0.25, 0.3) is 0 Å². The van der Waals surface area contributed by atoms with Crippen LogP contribution < -0.4 is 9.62 Å². The summed E-state index contributed by atoms with van der Waals surface area (Å²) in [6.07, 6.45) is 4.88. The van der Waals surface area contributed by atoms with Crippen LogP contribution in [-0.4, -0.2) is 45.5 Å². The van der Waals surface area contributed by atoms with Crippen molar-refractivity contribution in [2.75, 3.05) is 31.1 Å². The lowest BCUT2D eigenvalue weighted by Gasteiger charge is -2.27. The molecule has 1 aliphatic rings. The van der Waals surface area contributed by atoms with Gasteiger partial charge in [-0.25, -0.2) is 13.1 Å². The van der Waals surface area contributed by atoms with Crippen LogP contribution in [0.15, 0.2) is 23.1 Å². The SMILES string of the molecule is Cc1ccc(N(CCC(C)C)CCC(C)C)cc1S(=O)(=O)NC1CCN(C#N)C1. The lowest BCUT2D eigenvalue weighted by molar-refractivity contribution is 0.470. The highest BCUT2D eigenvalue weighted by Gasteiger charge is 2.28. The molecule has 2 rings (SSSR count). The number of anilines is 1. The zero-order chi connectivity index (χ0) is 21.6. The largest absolute Gasteiger partial charge is 0.371 e. The fraction of sp³-hybridized carbons (Fsp3) is 0.682. The average Bonchev–Trinajstić information content (AvgIpc) is 3.08. The molecule has 1 fully saturated rings. The van der Waals surface area contributed by atoms with Gasteiger partial charge in [-0.15, -0.1) is 0 Å². The Kier molecular flexibility index (Phi) is 8.35. The maximum Gasteiger partial charge on any atom is 0.241 e. The van der Waals surface area contributed by atoms with Crippen LogP contribution >= 0.6 is 0 Å². The highest BCUT2D eigenvalue weighted by atomic mass is 32.2. The summed E-state index contributed by atoms with van der Waals surface area (Å²) in [5.74, 6) is 1.19. The minimum Gasteiger partial charge on any atom is -0.371 e. The van der Waals surface area contributed by atoms with Gasteiger partial charge in [0, 0.05) is 37.9 Å². The molecule has 0 aromatic heterocycles. The molecule has 0 radical (unpaired) electrons. The molecule has 0 amide bonds. The lowest BCUT2D eigenvalue weighted by atomic mass is 10.1. The standard InChI is InChI=1S/C22H36N4O2S/c1-17(2)8-12-26(13-9-18(3)4)21-7-6-19(5)22(14-21)29(27,28)24-20-10-11-25(15-20)16-23/h6-7,14,17-18,20,24H,8-13,15H2,1-5H3. The Balaban J connectivity index is 2.24. The molecule has 1 aromatic rings. The second kappa shape index (κ2) is 10.3. The molecule has 1 heterocycles. The number of hydrogen-bond acceptors (Lipinski definition) is 5. The first kappa shape index (κ1) is 23.5. The maximum atomic E-state index is 13.1. The van der Waals surface area contributed by atoms with Crippen molar-refractivity contribution in [2.24, 2.45) is 11.8 Å². The Bertz CT molecular complexity index is 803. The van der Waals surface area contributed by atoms with Crippen molar-refractivity contribution in [1.29, 1.82) is 5.26 Å². The summed E-state index contributed by atoms with van der Waals surface area (Å²) in [7, 11) is -3.64. The summed E-state index contributed by atoms with van der Waals surface area (Å²) >= 11 is 0. The van der Waals surface area contributed by atoms with Gasteiger partial charge in [0.1, 0.15) is 0 Å². The van der Waals surface area contributed by atoms with Crippen LogP contribution in [0, 0.1) is 30.2 Å². The van der Waals surface area contributed by atoms with Crippen LogP contribution in [0.1, 0.15) is 52.5 Å². The van der Waals surface area contributed by atoms with E-state index in [4.69, 9.17) is 5.26 Å². The molecule has 1 N–H and O–H groups in total. The number of nitrogens with zero attached hydrogens (tertiary/aromatic N) is 3. The molecule has 0 spiro atoms. The third-order valence-electron chi connectivity index (χ3n) is 5.43. The van der Waals surface area contributed by atoms with Gasteiger partial charge in [-0.2, -0.15) is 5.26 Å². The number of rotatable bonds is 10. The highest BCUT2D eigenvalue weighted by molar-refractivity contribution is 7.89. The van der Waals surface area contributed by atoms with Crippen molar-refractivity contribution in [1.82, 2.24) is 9.62 Å². The van der Waals surface area contributed by atoms with Gasteiger partial charge in [0.05, 0.1) is 4.90 Å². The van der Waals surface area contributed by atoms with Gasteiger partial charge in [-0.1, -0.05) is 33.8 Å². The maximum absolute atomic E-state index is 13.1. The Morgan fingerprint density at radius 1 is 1.21 bits per heavy atom. The van der Waals surface area contributed by atoms with E-state index in [0.29, 0.717) is 36.2 Å². The van der Waals surface area contributed by atoms with E-state index >= 15 is 0 Å². The van der Waals surface area contributed by atoms with Gasteiger partial charge >= 0.3 is 0 Å². The number of benzene rings is 1. The van der Waals surface area contributed by atoms with E-state index in [-0.39, 0.29) is 6.04 Å². The normalized spacial score (nSPS) is 17.2. The Hall–Kier alpha value is -1.78. The first-order chi connectivity index (χ1) is 13.6. The number of nitrogens with one attached hydrogen (secondary N) is 1. The predicted octanol–water partition coefficient (Wildman–Crippen LogP) is 3.73. The van der Waals surface area contributed by atoms with Crippen LogP contribution in [0.2, 0.25) is 0 Å². The third-order valence-corrected chi connectivity index (χ3v) is 7.09. The number of aryl methyl sites for hydroxylation is 1. The average molecular weight is 421 g/mol. The van der Waals surface area contributed by atoms with Crippen molar-refractivity contribution >= 4 is 15.7 Å². The topological polar surface area (TPSA) is 76.4 Å². The molecule has 162 valence electrons. The van der Waals surface area contributed by atoms with E-state index in [1.54, 1.807) is 4.90 Å². The summed E-state index contributed by atoms with van der Waals surface area (Å²) in [5.41, 5.74) is 1.70. The first-order valence-corrected chi connectivity index (χ1v) is 12.1. The minimum atomic E-state index is -3.64. The summed E-state index contributed by atoms with van der Waals surface area (Å²) in [6, 6.07) is 5.52. The van der Waals surface area contributed by atoms with Gasteiger partial charge in [0.25, 0.3) is 0 Å². The summed E-state index contributed by atoms with van der Waals surface area (Å²) < 4.78 is 29.0. The predicted molar refractivity (Wildman–Crippen MR) is 118 cm³/mol. The minimum absolute atomic E-state index is 0.222. The Morgan fingerprint density at radius 2 is 1.83 bits per heavy atom. The molecule has 0 aliphatic carbocycles. The van der Waals surface area contributed by atoms with Crippen molar-refractivity contribution in [3.05, 3.63) is 23.8 Å². The third kappa shape index (κ3) is 6.90. The fourth-order valence-corrected chi connectivity index (χ4v) is 5.03. The molecule has 7 heteroatoms. The number of sulfonamides is 1. The lowest BCUT2D eigenvalue weighted by Crippen LogP contribution is -2.37. The molecule has 1 atom stereocenters. The molecule has 29 heavy (non-hydrogen) atoms. The highest BCUT2D eigenvalue weighted by Crippen LogP contribution is 2.25. The van der Waals surface area contributed by atoms with Crippen LogP contribution in [0.5, 0.6) is 0 Å². The second-order valence-corrected chi connectivity index (χ2v) is 10.6. The van der Waals surface area contributed by atoms with Gasteiger partial charge < -0.3 is 9.80 Å². The van der Waals surface area contributed by atoms with Crippen molar-refractivity contribution < 1.29 is 8.42 Å². The first-order valence-electron chi connectivity index (χ1n) is 10.6. The van der Waals surface area contributed by atoms with Crippen molar-refractivity contribution in [3.8, 4) is 6.19 Å². The Morgan fingerprint density at radius 3 is 2.34 bits per heavy atom. The molecule has 1 unspecified atom stereocenters. The second-order valence-electron chi connectivity index (χ2n) is 8.95. The Labute approximate surface area is 176 Å². The number of likely N-dealkylation sites (tertiary alicyclic amines) is 1. The van der Waals surface area contributed by atoms with E-state index in [0.717, 1.165) is 37.2 Å². The monoisotopic (exact) mass is 420 g/mol. The smallest absolute Gasteiger partial charge is 0.241 e. The molecule has 1 saturated heterocycles. The molecule has 6 nitrogen and oxygen atoms in total. The van der Waals surface area contributed by atoms with Gasteiger partial charge in [-0.3, -0.25) is 0 Å². The molecular weight excluding hydrogens is 384 g/mol. The zero-order valence-corrected chi connectivity index (χ0v) is 19.3. The molecular formula is C22H36N4O2S. The molecule has 1 aliphatic heterocycles. The molecule has 1 aromatic carbocycles. The molecule has 0 bridgehead atoms. The molecule has 0 saturated carbocycles. The number of hydrogen-bond donors (Lipinski definition) is 1. The summed E-state index contributed by atoms with van der Waals surface area (Å²) in [4.78, 5) is 4.24. The van der Waals surface area contributed by atoms with E-state index in [2.05, 4.69) is 43.5 Å². The van der Waals surface area contributed by atoms with Crippen LogP contribution in [0.3, 0.4) is 0 Å². The van der Waals surface area contributed by atoms with Gasteiger partial charge in [0.15, 0.2) is 6.19 Å². The van der Waals surface area contributed by atoms with E-state index in [1.807, 2.05) is 25.1 Å². The van der Waals surface area contributed by atoms with Gasteiger partial charge in [-0.05, 0) is 55.7 Å². The van der Waals surface area contributed by atoms with Crippen LogP contribution in [-0.2, 0) is 10.0 Å². The zero-order valence-electron chi connectivity index (χ0n) is 18.5. The van der Waals surface area contributed by atoms with E-state index in [9.17, 15) is 8.42 Å².